The summed E-state index contributed by atoms with van der Waals surface area (Å²) in [5, 5.41) is 24.0. The molecule has 10 aromatic carbocycles. The third kappa shape index (κ3) is 7.62. The number of nitriles is 2. The molecule has 0 fully saturated rings. The highest BCUT2D eigenvalue weighted by Gasteiger charge is 2.50. The second-order valence-electron chi connectivity index (χ2n) is 21.4. The van der Waals surface area contributed by atoms with Gasteiger partial charge in [-0.3, -0.25) is 0 Å². The van der Waals surface area contributed by atoms with Crippen molar-refractivity contribution in [3.63, 3.8) is 0 Å². The fraction of sp³-hybridized carbons (Fsp3) is 0.101. The Bertz CT molecular complexity index is 4060. The van der Waals surface area contributed by atoms with E-state index in [0.29, 0.717) is 11.1 Å². The van der Waals surface area contributed by atoms with Gasteiger partial charge in [-0.25, -0.2) is 20.1 Å². The van der Waals surface area contributed by atoms with E-state index >= 15 is 0 Å². The van der Waals surface area contributed by atoms with Crippen LogP contribution in [0.4, 0.5) is 34.1 Å². The molecule has 12 aromatic rings. The molecule has 13 rings (SSSR count). The Morgan fingerprint density at radius 1 is 0.390 bits per heavy atom. The number of rotatable bonds is 10. The van der Waals surface area contributed by atoms with Gasteiger partial charge in [-0.05, 0) is 191 Å². The number of hydrogen-bond donors (Lipinski definition) is 0. The van der Waals surface area contributed by atoms with Gasteiger partial charge in [0.05, 0.1) is 50.8 Å². The number of nitrogens with zero attached hydrogens (tertiary/aromatic N) is 4. The summed E-state index contributed by atoms with van der Waals surface area (Å²) in [4.78, 5) is 7.30. The van der Waals surface area contributed by atoms with Crippen molar-refractivity contribution >= 4 is 98.1 Å². The normalized spacial score (nSPS) is 13.3. The van der Waals surface area contributed by atoms with Gasteiger partial charge in [0.2, 0.25) is 0 Å². The number of fused-ring (bicyclic) bond motifs is 11. The first kappa shape index (κ1) is 47.8. The SMILES string of the molecule is CS(C)(C)c1ccc(N(c2ccc(C#N)cc2)c2cc3c(c4oc5ccccc5c24)-c2c(cc(N(c4ccc(C#N)cc4)c4ccc(S(C)(C)C)cc4)c4c2oc2ccccc24)C3(c2ccccc2)c2ccccc2)cc1. The topological polar surface area (TPSA) is 80.3 Å². The maximum absolute atomic E-state index is 10.1. The van der Waals surface area contributed by atoms with E-state index in [4.69, 9.17) is 8.83 Å². The molecule has 0 bridgehead atoms. The number of benzene rings is 10. The van der Waals surface area contributed by atoms with Gasteiger partial charge in [-0.2, -0.15) is 10.5 Å². The van der Waals surface area contributed by atoms with E-state index in [1.165, 1.54) is 9.79 Å². The van der Waals surface area contributed by atoms with Crippen molar-refractivity contribution in [2.24, 2.45) is 0 Å². The van der Waals surface area contributed by atoms with Crippen LogP contribution in [0.25, 0.3) is 55.0 Å². The molecular formula is C69H54N4O2S2. The minimum atomic E-state index is -1.03. The number of anilines is 6. The predicted octanol–water partition coefficient (Wildman–Crippen LogP) is 18.6. The van der Waals surface area contributed by atoms with Crippen LogP contribution in [0.15, 0.2) is 237 Å². The molecule has 1 aliphatic rings. The standard InChI is InChI=1S/C69H54N4O2S2/c1-76(2,3)53-37-33-51(34-38-53)72(49-29-25-45(43-70)26-30-49)59-41-57-65(67-63(59)55-21-13-15-23-61(55)74-67)66-58(69(57,47-17-9-7-10-18-47)48-19-11-8-12-20-48)42-60(64-56-22-14-16-24-62(56)75-68(64)66)73(50-31-27-46(44-71)28-32-50)52-35-39-54(40-36-52)77(4,5)6/h7-42H,1-6H3. The lowest BCUT2D eigenvalue weighted by Crippen LogP contribution is -2.29. The van der Waals surface area contributed by atoms with Gasteiger partial charge in [0.1, 0.15) is 22.3 Å². The van der Waals surface area contributed by atoms with Crippen molar-refractivity contribution in [2.45, 2.75) is 15.2 Å². The number of furan rings is 2. The lowest BCUT2D eigenvalue weighted by Gasteiger charge is -2.36. The van der Waals surface area contributed by atoms with Crippen molar-refractivity contribution in [1.82, 2.24) is 0 Å². The maximum Gasteiger partial charge on any atom is 0.145 e. The van der Waals surface area contributed by atoms with E-state index in [1.807, 2.05) is 36.4 Å². The third-order valence-corrected chi connectivity index (χ3v) is 18.7. The maximum atomic E-state index is 10.1. The number of para-hydroxylation sites is 2. The van der Waals surface area contributed by atoms with Gasteiger partial charge in [-0.15, -0.1) is 0 Å². The van der Waals surface area contributed by atoms with Crippen molar-refractivity contribution in [2.75, 3.05) is 47.3 Å². The van der Waals surface area contributed by atoms with Crippen LogP contribution in [0.1, 0.15) is 33.4 Å². The summed E-state index contributed by atoms with van der Waals surface area (Å²) in [7, 11) is -2.06. The van der Waals surface area contributed by atoms with E-state index in [-0.39, 0.29) is 0 Å². The molecule has 0 atom stereocenters. The van der Waals surface area contributed by atoms with Crippen LogP contribution >= 0.6 is 20.1 Å². The van der Waals surface area contributed by atoms with Crippen molar-refractivity contribution in [3.8, 4) is 23.3 Å². The largest absolute Gasteiger partial charge is 0.455 e. The highest BCUT2D eigenvalue weighted by molar-refractivity contribution is 8.32. The third-order valence-electron chi connectivity index (χ3n) is 15.3. The Hall–Kier alpha value is -8.92. The second kappa shape index (κ2) is 18.1. The molecule has 0 unspecified atom stereocenters. The van der Waals surface area contributed by atoms with E-state index in [0.717, 1.165) is 111 Å². The van der Waals surface area contributed by atoms with Crippen LogP contribution in [0, 0.1) is 22.7 Å². The minimum absolute atomic E-state index is 0.586. The van der Waals surface area contributed by atoms with E-state index in [2.05, 4.69) is 241 Å². The molecule has 0 radical (unpaired) electrons. The first-order chi connectivity index (χ1) is 37.4. The predicted molar refractivity (Wildman–Crippen MR) is 324 cm³/mol. The molecule has 0 amide bonds. The molecule has 0 saturated carbocycles. The lowest BCUT2D eigenvalue weighted by atomic mass is 9.67. The highest BCUT2D eigenvalue weighted by atomic mass is 32.3. The summed E-state index contributed by atoms with van der Waals surface area (Å²) in [6.07, 6.45) is 13.9. The average molecular weight is 1040 g/mol. The van der Waals surface area contributed by atoms with Gasteiger partial charge < -0.3 is 18.6 Å². The Morgan fingerprint density at radius 3 is 1.05 bits per heavy atom. The molecule has 0 aliphatic heterocycles. The second-order valence-corrected chi connectivity index (χ2v) is 29.7. The van der Waals surface area contributed by atoms with E-state index in [1.54, 1.807) is 0 Å². The summed E-state index contributed by atoms with van der Waals surface area (Å²) < 4.78 is 14.9. The Kier molecular flexibility index (Phi) is 11.3. The summed E-state index contributed by atoms with van der Waals surface area (Å²) in [5.41, 5.74) is 15.1. The van der Waals surface area contributed by atoms with Crippen LogP contribution in [0.2, 0.25) is 0 Å². The summed E-state index contributed by atoms with van der Waals surface area (Å²) in [6, 6.07) is 81.9. The first-order valence-electron chi connectivity index (χ1n) is 25.6. The van der Waals surface area contributed by atoms with Crippen molar-refractivity contribution in [1.29, 1.82) is 10.5 Å². The molecule has 2 aromatic heterocycles. The van der Waals surface area contributed by atoms with Gasteiger partial charge in [0, 0.05) is 44.6 Å². The minimum Gasteiger partial charge on any atom is -0.455 e. The average Bonchev–Trinajstić information content (AvgIpc) is 4.33. The van der Waals surface area contributed by atoms with Crippen LogP contribution in [0.3, 0.4) is 0 Å². The zero-order valence-corrected chi connectivity index (χ0v) is 45.3. The highest BCUT2D eigenvalue weighted by Crippen LogP contribution is 2.64. The van der Waals surface area contributed by atoms with Crippen LogP contribution < -0.4 is 9.80 Å². The molecule has 374 valence electrons. The molecule has 2 heterocycles. The van der Waals surface area contributed by atoms with Crippen LogP contribution in [-0.4, -0.2) is 37.5 Å². The zero-order valence-electron chi connectivity index (χ0n) is 43.7. The van der Waals surface area contributed by atoms with Crippen molar-refractivity contribution in [3.05, 3.63) is 252 Å². The van der Waals surface area contributed by atoms with Crippen molar-refractivity contribution < 1.29 is 8.83 Å². The molecule has 77 heavy (non-hydrogen) atoms. The summed E-state index contributed by atoms with van der Waals surface area (Å²) >= 11 is 0. The Morgan fingerprint density at radius 2 is 0.714 bits per heavy atom. The fourth-order valence-corrected chi connectivity index (χ4v) is 13.6. The quantitative estimate of drug-likeness (QED) is 0.136. The Balaban J connectivity index is 1.23. The molecular weight excluding hydrogens is 981 g/mol. The summed E-state index contributed by atoms with van der Waals surface area (Å²) in [5.74, 6) is 0. The number of hydrogen-bond acceptors (Lipinski definition) is 6. The monoisotopic (exact) mass is 1030 g/mol. The van der Waals surface area contributed by atoms with Crippen LogP contribution in [0.5, 0.6) is 0 Å². The smallest absolute Gasteiger partial charge is 0.145 e. The molecule has 0 saturated heterocycles. The van der Waals surface area contributed by atoms with Gasteiger partial charge in [-0.1, -0.05) is 97.1 Å². The Labute approximate surface area is 452 Å². The fourth-order valence-electron chi connectivity index (χ4n) is 11.7. The van der Waals surface area contributed by atoms with E-state index < -0.39 is 25.5 Å². The summed E-state index contributed by atoms with van der Waals surface area (Å²) in [6.45, 7) is 0. The molecule has 1 aliphatic carbocycles. The molecule has 8 heteroatoms. The molecule has 0 spiro atoms. The first-order valence-corrected chi connectivity index (χ1v) is 31.3. The lowest BCUT2D eigenvalue weighted by molar-refractivity contribution is 0.665. The molecule has 0 N–H and O–H groups in total. The molecule has 6 nitrogen and oxygen atoms in total. The van der Waals surface area contributed by atoms with Gasteiger partial charge in [0.25, 0.3) is 0 Å². The van der Waals surface area contributed by atoms with Gasteiger partial charge in [0.15, 0.2) is 0 Å². The zero-order chi connectivity index (χ0) is 52.8. The van der Waals surface area contributed by atoms with E-state index in [9.17, 15) is 10.5 Å². The van der Waals surface area contributed by atoms with Gasteiger partial charge >= 0.3 is 0 Å². The van der Waals surface area contributed by atoms with Crippen LogP contribution in [-0.2, 0) is 5.41 Å².